The van der Waals surface area contributed by atoms with Gasteiger partial charge in [0.05, 0.1) is 6.04 Å². The first kappa shape index (κ1) is 15.6. The lowest BCUT2D eigenvalue weighted by atomic mass is 9.78. The van der Waals surface area contributed by atoms with Crippen molar-refractivity contribution in [2.24, 2.45) is 47.2 Å². The summed E-state index contributed by atoms with van der Waals surface area (Å²) in [4.78, 5) is 36.4. The van der Waals surface area contributed by atoms with Crippen LogP contribution in [0.4, 0.5) is 0 Å². The van der Waals surface area contributed by atoms with Gasteiger partial charge >= 0.3 is 0 Å². The Morgan fingerprint density at radius 2 is 1.88 bits per heavy atom. The molecule has 0 aromatic carbocycles. The molecule has 0 radical (unpaired) electrons. The first-order chi connectivity index (χ1) is 12.0. The van der Waals surface area contributed by atoms with E-state index in [4.69, 9.17) is 5.73 Å². The third kappa shape index (κ3) is 2.31. The minimum absolute atomic E-state index is 0.0487. The van der Waals surface area contributed by atoms with Gasteiger partial charge in [0.25, 0.3) is 0 Å². The monoisotopic (exact) mass is 346 g/mol. The maximum absolute atomic E-state index is 12.9. The molecular weight excluding hydrogens is 320 g/mol. The van der Waals surface area contributed by atoms with Gasteiger partial charge in [-0.25, -0.2) is 0 Å². The van der Waals surface area contributed by atoms with Crippen molar-refractivity contribution in [3.05, 3.63) is 0 Å². The summed E-state index contributed by atoms with van der Waals surface area (Å²) in [5.41, 5.74) is 5.50. The number of rotatable bonds is 5. The Morgan fingerprint density at radius 1 is 1.16 bits per heavy atom. The number of hydrogen-bond donors (Lipinski definition) is 4. The molecule has 9 atom stereocenters. The Labute approximate surface area is 146 Å². The van der Waals surface area contributed by atoms with Crippen molar-refractivity contribution in [3.8, 4) is 0 Å². The normalized spacial score (nSPS) is 47.1. The van der Waals surface area contributed by atoms with E-state index in [1.807, 2.05) is 0 Å². The minimum Gasteiger partial charge on any atom is -0.368 e. The van der Waals surface area contributed by atoms with Crippen LogP contribution in [0.1, 0.15) is 25.7 Å². The zero-order chi connectivity index (χ0) is 17.3. The predicted octanol–water partition coefficient (Wildman–Crippen LogP) is -1.03. The molecule has 7 nitrogen and oxygen atoms in total. The van der Waals surface area contributed by atoms with E-state index < -0.39 is 11.9 Å². The van der Waals surface area contributed by atoms with Crippen LogP contribution >= 0.6 is 0 Å². The summed E-state index contributed by atoms with van der Waals surface area (Å²) in [7, 11) is 0. The van der Waals surface area contributed by atoms with Crippen molar-refractivity contribution in [2.45, 2.75) is 37.8 Å². The van der Waals surface area contributed by atoms with Crippen molar-refractivity contribution < 1.29 is 14.4 Å². The molecule has 136 valence electrons. The highest BCUT2D eigenvalue weighted by Gasteiger charge is 2.68. The van der Waals surface area contributed by atoms with E-state index in [0.29, 0.717) is 37.1 Å². The molecular formula is C18H26N4O3. The fraction of sp³-hybridized carbons (Fsp3) is 0.833. The van der Waals surface area contributed by atoms with Gasteiger partial charge in [0.2, 0.25) is 17.7 Å². The summed E-state index contributed by atoms with van der Waals surface area (Å²) in [6, 6.07) is -0.977. The van der Waals surface area contributed by atoms with Crippen molar-refractivity contribution in [2.75, 3.05) is 13.1 Å². The molecule has 3 aliphatic carbocycles. The number of nitrogens with two attached hydrogens (primary N) is 1. The molecule has 2 bridgehead atoms. The second-order valence-corrected chi connectivity index (χ2v) is 8.73. The minimum atomic E-state index is -0.769. The average molecular weight is 346 g/mol. The number of primary amides is 1. The van der Waals surface area contributed by atoms with E-state index in [2.05, 4.69) is 16.0 Å². The number of carbonyl (C=O) groups is 3. The number of hydrogen-bond acceptors (Lipinski definition) is 4. The summed E-state index contributed by atoms with van der Waals surface area (Å²) in [5, 5.41) is 9.02. The molecule has 5 N–H and O–H groups in total. The van der Waals surface area contributed by atoms with Gasteiger partial charge in [-0.05, 0) is 67.7 Å². The highest BCUT2D eigenvalue weighted by Crippen LogP contribution is 2.70. The van der Waals surface area contributed by atoms with Crippen LogP contribution in [-0.4, -0.2) is 42.9 Å². The SMILES string of the molecule is NC(=O)[C@H](C[C@@H]1CCNC1=O)NC(=O)[C@H]1NC[C@@H]2[C@H]3C[C@H]([C@@H]4C[C@@H]43)[C@@H]21. The van der Waals surface area contributed by atoms with Crippen molar-refractivity contribution >= 4 is 17.7 Å². The molecule has 0 aromatic heterocycles. The summed E-state index contributed by atoms with van der Waals surface area (Å²) in [6.45, 7) is 1.54. The fourth-order valence-electron chi connectivity index (χ4n) is 6.53. The van der Waals surface area contributed by atoms with Crippen LogP contribution < -0.4 is 21.7 Å². The first-order valence-electron chi connectivity index (χ1n) is 9.65. The lowest BCUT2D eigenvalue weighted by Crippen LogP contribution is -2.53. The van der Waals surface area contributed by atoms with Crippen LogP contribution in [0.3, 0.4) is 0 Å². The molecule has 7 heteroatoms. The van der Waals surface area contributed by atoms with Crippen LogP contribution in [-0.2, 0) is 14.4 Å². The second-order valence-electron chi connectivity index (χ2n) is 8.73. The molecule has 2 saturated heterocycles. The van der Waals surface area contributed by atoms with Gasteiger partial charge in [-0.2, -0.15) is 0 Å². The van der Waals surface area contributed by atoms with E-state index in [1.54, 1.807) is 0 Å². The third-order valence-corrected chi connectivity index (χ3v) is 7.66. The quantitative estimate of drug-likeness (QED) is 0.510. The maximum Gasteiger partial charge on any atom is 0.240 e. The highest BCUT2D eigenvalue weighted by atomic mass is 16.2. The lowest BCUT2D eigenvalue weighted by Gasteiger charge is -2.28. The highest BCUT2D eigenvalue weighted by molar-refractivity contribution is 5.90. The molecule has 3 amide bonds. The van der Waals surface area contributed by atoms with Gasteiger partial charge < -0.3 is 21.7 Å². The number of carbonyl (C=O) groups excluding carboxylic acids is 3. The van der Waals surface area contributed by atoms with Crippen molar-refractivity contribution in [3.63, 3.8) is 0 Å². The Hall–Kier alpha value is -1.63. The van der Waals surface area contributed by atoms with Crippen LogP contribution in [0, 0.1) is 41.4 Å². The maximum atomic E-state index is 12.9. The zero-order valence-corrected chi connectivity index (χ0v) is 14.2. The van der Waals surface area contributed by atoms with E-state index in [0.717, 1.165) is 24.3 Å². The Kier molecular flexibility index (Phi) is 3.39. The summed E-state index contributed by atoms with van der Waals surface area (Å²) >= 11 is 0. The molecule has 0 unspecified atom stereocenters. The molecule has 0 aromatic rings. The largest absolute Gasteiger partial charge is 0.368 e. The molecule has 5 aliphatic rings. The van der Waals surface area contributed by atoms with E-state index in [-0.39, 0.29) is 23.8 Å². The average Bonchev–Trinajstić information content (AvgIpc) is 2.93. The van der Waals surface area contributed by atoms with Gasteiger partial charge in [-0.3, -0.25) is 14.4 Å². The van der Waals surface area contributed by atoms with Crippen LogP contribution in [0.2, 0.25) is 0 Å². The summed E-state index contributed by atoms with van der Waals surface area (Å²) in [6.07, 6.45) is 3.64. The number of nitrogens with one attached hydrogen (secondary N) is 3. The van der Waals surface area contributed by atoms with Gasteiger partial charge in [-0.1, -0.05) is 0 Å². The van der Waals surface area contributed by atoms with Crippen LogP contribution in [0.5, 0.6) is 0 Å². The smallest absolute Gasteiger partial charge is 0.240 e. The first-order valence-corrected chi connectivity index (χ1v) is 9.65. The molecule has 25 heavy (non-hydrogen) atoms. The molecule has 5 fully saturated rings. The number of amides is 3. The molecule has 5 rings (SSSR count). The molecule has 3 saturated carbocycles. The zero-order valence-electron chi connectivity index (χ0n) is 14.2. The Bertz CT molecular complexity index is 636. The predicted molar refractivity (Wildman–Crippen MR) is 88.8 cm³/mol. The van der Waals surface area contributed by atoms with Crippen molar-refractivity contribution in [1.82, 2.24) is 16.0 Å². The Morgan fingerprint density at radius 3 is 2.60 bits per heavy atom. The standard InChI is InChI=1S/C18H26N4O3/c19-16(23)13(3-7-1-2-20-17(7)24)22-18(25)15-14-11-5-10(8-4-9(8)11)12(14)6-21-15/h7-15,21H,1-6H2,(H2,19,23)(H,20,24)(H,22,25)/t7-,8-,9+,10-,11+,12+,13-,14-,15-/m0/s1. The molecule has 0 spiro atoms. The van der Waals surface area contributed by atoms with Gasteiger partial charge in [0, 0.05) is 12.5 Å². The molecule has 2 heterocycles. The number of fused-ring (bicyclic) bond motifs is 8. The second kappa shape index (κ2) is 5.43. The van der Waals surface area contributed by atoms with E-state index >= 15 is 0 Å². The Balaban J connectivity index is 1.26. The fourth-order valence-corrected chi connectivity index (χ4v) is 6.53. The van der Waals surface area contributed by atoms with Gasteiger partial charge in [0.1, 0.15) is 6.04 Å². The third-order valence-electron chi connectivity index (χ3n) is 7.66. The van der Waals surface area contributed by atoms with Crippen molar-refractivity contribution in [1.29, 1.82) is 0 Å². The van der Waals surface area contributed by atoms with Gasteiger partial charge in [0.15, 0.2) is 0 Å². The molecule has 2 aliphatic heterocycles. The summed E-state index contributed by atoms with van der Waals surface area (Å²) < 4.78 is 0. The van der Waals surface area contributed by atoms with Gasteiger partial charge in [-0.15, -0.1) is 0 Å². The van der Waals surface area contributed by atoms with Crippen LogP contribution in [0.25, 0.3) is 0 Å². The van der Waals surface area contributed by atoms with E-state index in [1.165, 1.54) is 12.8 Å². The summed E-state index contributed by atoms with van der Waals surface area (Å²) in [5.74, 6) is 3.33. The lowest BCUT2D eigenvalue weighted by molar-refractivity contribution is -0.130. The topological polar surface area (TPSA) is 113 Å². The van der Waals surface area contributed by atoms with Crippen LogP contribution in [0.15, 0.2) is 0 Å². The van der Waals surface area contributed by atoms with E-state index in [9.17, 15) is 14.4 Å².